The lowest BCUT2D eigenvalue weighted by Crippen LogP contribution is -2.40. The summed E-state index contributed by atoms with van der Waals surface area (Å²) in [6.07, 6.45) is -0.308. The molecular weight excluding hydrogens is 132 g/mol. The van der Waals surface area contributed by atoms with Crippen LogP contribution in [0.4, 0.5) is 0 Å². The molecule has 10 heavy (non-hydrogen) atoms. The van der Waals surface area contributed by atoms with E-state index >= 15 is 0 Å². The van der Waals surface area contributed by atoms with Crippen LogP contribution < -0.4 is 0 Å². The number of hydrogen-bond acceptors (Lipinski definition) is 3. The van der Waals surface area contributed by atoms with E-state index in [0.29, 0.717) is 0 Å². The number of rotatable bonds is 4. The fourth-order valence-corrected chi connectivity index (χ4v) is 0.760. The van der Waals surface area contributed by atoms with Gasteiger partial charge in [-0.05, 0) is 13.8 Å². The van der Waals surface area contributed by atoms with Gasteiger partial charge in [-0.3, -0.25) is 0 Å². The zero-order valence-electron chi connectivity index (χ0n) is 7.30. The lowest BCUT2D eigenvalue weighted by atomic mass is 10.1. The molecule has 0 rings (SSSR count). The maximum absolute atomic E-state index is 5.13. The smallest absolute Gasteiger partial charge is 0.185 e. The van der Waals surface area contributed by atoms with E-state index in [1.54, 1.807) is 21.3 Å². The topological polar surface area (TPSA) is 27.7 Å². The Bertz CT molecular complexity index is 86.9. The van der Waals surface area contributed by atoms with E-state index in [-0.39, 0.29) is 11.9 Å². The third-order valence-corrected chi connectivity index (χ3v) is 1.52. The highest BCUT2D eigenvalue weighted by Gasteiger charge is 2.28. The third-order valence-electron chi connectivity index (χ3n) is 1.52. The largest absolute Gasteiger partial charge is 0.374 e. The molecule has 3 heteroatoms. The second-order valence-electron chi connectivity index (χ2n) is 2.61. The van der Waals surface area contributed by atoms with Gasteiger partial charge in [-0.1, -0.05) is 0 Å². The van der Waals surface area contributed by atoms with Gasteiger partial charge in [0.1, 0.15) is 5.60 Å². The van der Waals surface area contributed by atoms with E-state index < -0.39 is 0 Å². The van der Waals surface area contributed by atoms with Crippen molar-refractivity contribution in [1.82, 2.24) is 0 Å². The van der Waals surface area contributed by atoms with Crippen molar-refractivity contribution in [3.8, 4) is 0 Å². The van der Waals surface area contributed by atoms with Crippen LogP contribution in [0, 0.1) is 0 Å². The highest BCUT2D eigenvalue weighted by atomic mass is 16.7. The fourth-order valence-electron chi connectivity index (χ4n) is 0.760. The van der Waals surface area contributed by atoms with Crippen LogP contribution in [0.15, 0.2) is 0 Å². The SMILES string of the molecule is COC(OC)C(C)(C)OC. The third kappa shape index (κ3) is 2.25. The molecule has 0 aromatic rings. The summed E-state index contributed by atoms with van der Waals surface area (Å²) in [5, 5.41) is 0. The molecule has 0 aliphatic rings. The van der Waals surface area contributed by atoms with Gasteiger partial charge < -0.3 is 14.2 Å². The molecule has 0 saturated heterocycles. The first kappa shape index (κ1) is 9.88. The first-order valence-electron chi connectivity index (χ1n) is 3.19. The van der Waals surface area contributed by atoms with Crippen LogP contribution in [0.5, 0.6) is 0 Å². The maximum atomic E-state index is 5.13. The van der Waals surface area contributed by atoms with Crippen LogP contribution in [0.1, 0.15) is 13.8 Å². The van der Waals surface area contributed by atoms with Crippen LogP contribution in [0.3, 0.4) is 0 Å². The van der Waals surface area contributed by atoms with Crippen LogP contribution in [0.25, 0.3) is 0 Å². The lowest BCUT2D eigenvalue weighted by Gasteiger charge is -2.30. The van der Waals surface area contributed by atoms with E-state index in [2.05, 4.69) is 0 Å². The van der Waals surface area contributed by atoms with Crippen LogP contribution in [-0.4, -0.2) is 33.2 Å². The molecule has 0 aromatic heterocycles. The summed E-state index contributed by atoms with van der Waals surface area (Å²) < 4.78 is 15.1. The van der Waals surface area contributed by atoms with Gasteiger partial charge in [-0.25, -0.2) is 0 Å². The Kier molecular flexibility index (Phi) is 3.86. The second-order valence-corrected chi connectivity index (χ2v) is 2.61. The fraction of sp³-hybridized carbons (Fsp3) is 1.00. The van der Waals surface area contributed by atoms with Crippen molar-refractivity contribution >= 4 is 0 Å². The van der Waals surface area contributed by atoms with Crippen molar-refractivity contribution in [3.63, 3.8) is 0 Å². The molecule has 0 amide bonds. The molecule has 62 valence electrons. The molecule has 3 nitrogen and oxygen atoms in total. The normalized spacial score (nSPS) is 12.6. The van der Waals surface area contributed by atoms with Crippen LogP contribution >= 0.6 is 0 Å². The van der Waals surface area contributed by atoms with Gasteiger partial charge in [-0.2, -0.15) is 0 Å². The molecule has 0 fully saturated rings. The average molecular weight is 148 g/mol. The maximum Gasteiger partial charge on any atom is 0.185 e. The van der Waals surface area contributed by atoms with E-state index in [9.17, 15) is 0 Å². The van der Waals surface area contributed by atoms with Crippen molar-refractivity contribution in [2.75, 3.05) is 21.3 Å². The van der Waals surface area contributed by atoms with Crippen molar-refractivity contribution in [2.45, 2.75) is 25.7 Å². The van der Waals surface area contributed by atoms with Gasteiger partial charge in [0.2, 0.25) is 0 Å². The highest BCUT2D eigenvalue weighted by Crippen LogP contribution is 2.16. The van der Waals surface area contributed by atoms with Crippen LogP contribution in [0.2, 0.25) is 0 Å². The molecule has 0 unspecified atom stereocenters. The van der Waals surface area contributed by atoms with E-state index in [4.69, 9.17) is 14.2 Å². The molecule has 0 aliphatic heterocycles. The minimum Gasteiger partial charge on any atom is -0.374 e. The monoisotopic (exact) mass is 148 g/mol. The molecule has 0 atom stereocenters. The minimum atomic E-state index is -0.385. The number of hydrogen-bond donors (Lipinski definition) is 0. The summed E-state index contributed by atoms with van der Waals surface area (Å²) in [7, 11) is 4.81. The molecule has 0 aliphatic carbocycles. The molecule has 0 heterocycles. The Morgan fingerprint density at radius 1 is 1.00 bits per heavy atom. The minimum absolute atomic E-state index is 0.308. The standard InChI is InChI=1S/C7H16O3/c1-7(2,10-5)6(8-3)9-4/h6H,1-5H3. The first-order valence-corrected chi connectivity index (χ1v) is 3.19. The molecule has 0 spiro atoms. The summed E-state index contributed by atoms with van der Waals surface area (Å²) in [5.74, 6) is 0. The van der Waals surface area contributed by atoms with Gasteiger partial charge in [0.05, 0.1) is 0 Å². The molecule has 0 bridgehead atoms. The predicted octanol–water partition coefficient (Wildman–Crippen LogP) is 1.03. The summed E-state index contributed by atoms with van der Waals surface area (Å²) in [4.78, 5) is 0. The summed E-state index contributed by atoms with van der Waals surface area (Å²) in [6, 6.07) is 0. The van der Waals surface area contributed by atoms with E-state index in [1.165, 1.54) is 0 Å². The van der Waals surface area contributed by atoms with Gasteiger partial charge >= 0.3 is 0 Å². The predicted molar refractivity (Wildman–Crippen MR) is 38.9 cm³/mol. The Morgan fingerprint density at radius 3 is 1.50 bits per heavy atom. The first-order chi connectivity index (χ1) is 4.58. The van der Waals surface area contributed by atoms with Crippen molar-refractivity contribution in [1.29, 1.82) is 0 Å². The Morgan fingerprint density at radius 2 is 1.40 bits per heavy atom. The van der Waals surface area contributed by atoms with Crippen LogP contribution in [-0.2, 0) is 14.2 Å². The highest BCUT2D eigenvalue weighted by molar-refractivity contribution is 4.71. The number of ether oxygens (including phenoxy) is 3. The summed E-state index contributed by atoms with van der Waals surface area (Å²) >= 11 is 0. The van der Waals surface area contributed by atoms with E-state index in [1.807, 2.05) is 13.8 Å². The lowest BCUT2D eigenvalue weighted by molar-refractivity contribution is -0.211. The molecule has 0 N–H and O–H groups in total. The van der Waals surface area contributed by atoms with Gasteiger partial charge in [0.15, 0.2) is 6.29 Å². The Hall–Kier alpha value is -0.120. The quantitative estimate of drug-likeness (QED) is 0.557. The average Bonchev–Trinajstić information content (AvgIpc) is 1.90. The van der Waals surface area contributed by atoms with Crippen molar-refractivity contribution < 1.29 is 14.2 Å². The number of methoxy groups -OCH3 is 3. The van der Waals surface area contributed by atoms with Gasteiger partial charge in [0.25, 0.3) is 0 Å². The molecule has 0 radical (unpaired) electrons. The summed E-state index contributed by atoms with van der Waals surface area (Å²) in [6.45, 7) is 3.81. The molecule has 0 saturated carbocycles. The Labute approximate surface area is 62.3 Å². The van der Waals surface area contributed by atoms with E-state index in [0.717, 1.165) is 0 Å². The summed E-state index contributed by atoms with van der Waals surface area (Å²) in [5.41, 5.74) is -0.385. The van der Waals surface area contributed by atoms with Gasteiger partial charge in [-0.15, -0.1) is 0 Å². The zero-order valence-corrected chi connectivity index (χ0v) is 7.30. The Balaban J connectivity index is 3.97. The molecule has 0 aromatic carbocycles. The zero-order chi connectivity index (χ0) is 8.20. The van der Waals surface area contributed by atoms with Gasteiger partial charge in [0, 0.05) is 21.3 Å². The van der Waals surface area contributed by atoms with Crippen molar-refractivity contribution in [3.05, 3.63) is 0 Å². The second kappa shape index (κ2) is 3.91. The van der Waals surface area contributed by atoms with Crippen molar-refractivity contribution in [2.24, 2.45) is 0 Å². The molecular formula is C7H16O3.